The third-order valence-electron chi connectivity index (χ3n) is 3.33. The fourth-order valence-corrected chi connectivity index (χ4v) is 4.16. The van der Waals surface area contributed by atoms with Crippen LogP contribution in [0.25, 0.3) is 0 Å². The van der Waals surface area contributed by atoms with Crippen LogP contribution in [0, 0.1) is 17.0 Å². The number of aliphatic hydroxyl groups is 1. The summed E-state index contributed by atoms with van der Waals surface area (Å²) < 4.78 is 27.1. The minimum Gasteiger partial charge on any atom is -0.383 e. The van der Waals surface area contributed by atoms with Crippen LogP contribution in [0.2, 0.25) is 0 Å². The molecule has 0 fully saturated rings. The van der Waals surface area contributed by atoms with Crippen LogP contribution in [-0.2, 0) is 15.6 Å². The molecule has 1 aromatic heterocycles. The van der Waals surface area contributed by atoms with Crippen molar-refractivity contribution in [1.29, 1.82) is 0 Å². The van der Waals surface area contributed by atoms with Gasteiger partial charge in [-0.1, -0.05) is 12.1 Å². The molecule has 9 heteroatoms. The summed E-state index contributed by atoms with van der Waals surface area (Å²) in [6, 6.07) is 7.10. The lowest BCUT2D eigenvalue weighted by molar-refractivity contribution is -0.385. The van der Waals surface area contributed by atoms with Gasteiger partial charge < -0.3 is 5.11 Å². The standard InChI is InChI=1S/C14H16N2O5S2/c1-10-5-6-11(16(18)19)8-12(10)23(20,21)15-9-14(2,17)13-4-3-7-22-13/h3-8,15,17H,9H2,1-2H3. The van der Waals surface area contributed by atoms with Gasteiger partial charge in [0, 0.05) is 23.6 Å². The maximum Gasteiger partial charge on any atom is 0.270 e. The smallest absolute Gasteiger partial charge is 0.270 e. The zero-order valence-corrected chi connectivity index (χ0v) is 14.1. The van der Waals surface area contributed by atoms with E-state index in [-0.39, 0.29) is 17.1 Å². The average Bonchev–Trinajstić information content (AvgIpc) is 3.00. The van der Waals surface area contributed by atoms with Gasteiger partial charge in [-0.25, -0.2) is 13.1 Å². The van der Waals surface area contributed by atoms with Gasteiger partial charge in [0.25, 0.3) is 5.69 Å². The lowest BCUT2D eigenvalue weighted by Gasteiger charge is -2.22. The van der Waals surface area contributed by atoms with Crippen molar-refractivity contribution in [3.05, 3.63) is 56.3 Å². The summed E-state index contributed by atoms with van der Waals surface area (Å²) in [7, 11) is -3.98. The molecule has 2 N–H and O–H groups in total. The van der Waals surface area contributed by atoms with E-state index in [2.05, 4.69) is 4.72 Å². The van der Waals surface area contributed by atoms with Crippen LogP contribution in [0.4, 0.5) is 5.69 Å². The highest BCUT2D eigenvalue weighted by molar-refractivity contribution is 7.89. The molecule has 0 saturated heterocycles. The van der Waals surface area contributed by atoms with E-state index in [1.54, 1.807) is 24.4 Å². The Kier molecular flexibility index (Phi) is 4.85. The molecule has 0 amide bonds. The quantitative estimate of drug-likeness (QED) is 0.609. The Morgan fingerprint density at radius 1 is 1.39 bits per heavy atom. The van der Waals surface area contributed by atoms with E-state index in [0.717, 1.165) is 6.07 Å². The molecule has 0 aliphatic carbocycles. The lowest BCUT2D eigenvalue weighted by atomic mass is 10.1. The highest BCUT2D eigenvalue weighted by Crippen LogP contribution is 2.26. The number of sulfonamides is 1. The lowest BCUT2D eigenvalue weighted by Crippen LogP contribution is -2.38. The fraction of sp³-hybridized carbons (Fsp3) is 0.286. The summed E-state index contributed by atoms with van der Waals surface area (Å²) in [5, 5.41) is 23.0. The van der Waals surface area contributed by atoms with Crippen LogP contribution in [0.1, 0.15) is 17.4 Å². The summed E-state index contributed by atoms with van der Waals surface area (Å²) in [6.45, 7) is 2.81. The first-order valence-corrected chi connectivity index (χ1v) is 9.01. The average molecular weight is 356 g/mol. The maximum absolute atomic E-state index is 12.4. The van der Waals surface area contributed by atoms with E-state index < -0.39 is 20.5 Å². The molecule has 7 nitrogen and oxygen atoms in total. The van der Waals surface area contributed by atoms with Crippen molar-refractivity contribution >= 4 is 27.0 Å². The summed E-state index contributed by atoms with van der Waals surface area (Å²) in [5.41, 5.74) is -1.28. The number of rotatable bonds is 6. The number of nitrogens with zero attached hydrogens (tertiary/aromatic N) is 1. The Balaban J connectivity index is 2.26. The Hall–Kier alpha value is -1.81. The highest BCUT2D eigenvalue weighted by Gasteiger charge is 2.28. The zero-order valence-electron chi connectivity index (χ0n) is 12.5. The minimum absolute atomic E-state index is 0.173. The first-order valence-electron chi connectivity index (χ1n) is 6.64. The second kappa shape index (κ2) is 6.36. The number of nitro groups is 1. The molecule has 1 atom stereocenters. The summed E-state index contributed by atoms with van der Waals surface area (Å²) >= 11 is 1.31. The normalized spacial score (nSPS) is 14.4. The van der Waals surface area contributed by atoms with E-state index in [1.165, 1.54) is 30.4 Å². The third-order valence-corrected chi connectivity index (χ3v) is 6.00. The Bertz CT molecular complexity index is 814. The fourth-order valence-electron chi connectivity index (χ4n) is 1.98. The number of aryl methyl sites for hydroxylation is 1. The van der Waals surface area contributed by atoms with Gasteiger partial charge in [0.2, 0.25) is 10.0 Å². The van der Waals surface area contributed by atoms with Gasteiger partial charge in [-0.2, -0.15) is 0 Å². The van der Waals surface area contributed by atoms with E-state index in [9.17, 15) is 23.6 Å². The van der Waals surface area contributed by atoms with Crippen molar-refractivity contribution in [1.82, 2.24) is 4.72 Å². The Morgan fingerprint density at radius 3 is 2.65 bits per heavy atom. The number of non-ortho nitro benzene ring substituents is 1. The van der Waals surface area contributed by atoms with Gasteiger partial charge in [-0.3, -0.25) is 10.1 Å². The van der Waals surface area contributed by atoms with Crippen LogP contribution >= 0.6 is 11.3 Å². The molecule has 23 heavy (non-hydrogen) atoms. The number of hydrogen-bond donors (Lipinski definition) is 2. The predicted octanol–water partition coefficient (Wildman–Crippen LogP) is 2.15. The van der Waals surface area contributed by atoms with E-state index in [0.29, 0.717) is 10.4 Å². The molecule has 0 saturated carbocycles. The van der Waals surface area contributed by atoms with Crippen LogP contribution in [0.5, 0.6) is 0 Å². The van der Waals surface area contributed by atoms with E-state index >= 15 is 0 Å². The number of nitrogens with one attached hydrogen (secondary N) is 1. The molecule has 1 heterocycles. The summed E-state index contributed by atoms with van der Waals surface area (Å²) in [4.78, 5) is 10.6. The number of hydrogen-bond acceptors (Lipinski definition) is 6. The summed E-state index contributed by atoms with van der Waals surface area (Å²) in [6.07, 6.45) is 0. The second-order valence-electron chi connectivity index (χ2n) is 5.28. The minimum atomic E-state index is -3.98. The largest absolute Gasteiger partial charge is 0.383 e. The van der Waals surface area contributed by atoms with Crippen molar-refractivity contribution in [2.24, 2.45) is 0 Å². The molecule has 2 aromatic rings. The number of benzene rings is 1. The van der Waals surface area contributed by atoms with Gasteiger partial charge in [-0.15, -0.1) is 11.3 Å². The molecule has 0 aliphatic heterocycles. The van der Waals surface area contributed by atoms with Gasteiger partial charge in [0.1, 0.15) is 5.60 Å². The Labute approximate surface area is 137 Å². The van der Waals surface area contributed by atoms with Gasteiger partial charge in [-0.05, 0) is 30.9 Å². The molecule has 0 bridgehead atoms. The molecule has 1 unspecified atom stereocenters. The first kappa shape index (κ1) is 17.5. The van der Waals surface area contributed by atoms with Gasteiger partial charge in [0.05, 0.1) is 9.82 Å². The molecule has 0 radical (unpaired) electrons. The molecular formula is C14H16N2O5S2. The Morgan fingerprint density at radius 2 is 2.09 bits per heavy atom. The summed E-state index contributed by atoms with van der Waals surface area (Å²) in [5.74, 6) is 0. The number of nitro benzene ring substituents is 1. The van der Waals surface area contributed by atoms with Crippen molar-refractivity contribution in [2.45, 2.75) is 24.3 Å². The molecule has 1 aromatic carbocycles. The predicted molar refractivity (Wildman–Crippen MR) is 86.9 cm³/mol. The van der Waals surface area contributed by atoms with Crippen LogP contribution in [0.3, 0.4) is 0 Å². The van der Waals surface area contributed by atoms with Crippen molar-refractivity contribution in [3.8, 4) is 0 Å². The monoisotopic (exact) mass is 356 g/mol. The van der Waals surface area contributed by atoms with E-state index in [1.807, 2.05) is 0 Å². The maximum atomic E-state index is 12.4. The molecule has 0 aliphatic rings. The molecule has 0 spiro atoms. The molecule has 2 rings (SSSR count). The van der Waals surface area contributed by atoms with Crippen molar-refractivity contribution < 1.29 is 18.4 Å². The second-order valence-corrected chi connectivity index (χ2v) is 7.97. The van der Waals surface area contributed by atoms with Gasteiger partial charge >= 0.3 is 0 Å². The first-order chi connectivity index (χ1) is 10.6. The van der Waals surface area contributed by atoms with E-state index in [4.69, 9.17) is 0 Å². The number of thiophene rings is 1. The topological polar surface area (TPSA) is 110 Å². The van der Waals surface area contributed by atoms with Crippen LogP contribution in [-0.4, -0.2) is 25.0 Å². The van der Waals surface area contributed by atoms with Crippen LogP contribution < -0.4 is 4.72 Å². The van der Waals surface area contributed by atoms with Crippen molar-refractivity contribution in [2.75, 3.05) is 6.54 Å². The molecular weight excluding hydrogens is 340 g/mol. The third kappa shape index (κ3) is 3.94. The molecule has 124 valence electrons. The zero-order chi connectivity index (χ0) is 17.3. The van der Waals surface area contributed by atoms with Gasteiger partial charge in [0.15, 0.2) is 0 Å². The van der Waals surface area contributed by atoms with Crippen LogP contribution in [0.15, 0.2) is 40.6 Å². The van der Waals surface area contributed by atoms with Crippen molar-refractivity contribution in [3.63, 3.8) is 0 Å². The highest BCUT2D eigenvalue weighted by atomic mass is 32.2. The SMILES string of the molecule is Cc1ccc([N+](=O)[O-])cc1S(=O)(=O)NCC(C)(O)c1cccs1.